The molecule has 0 aromatic carbocycles. The van der Waals surface area contributed by atoms with Gasteiger partial charge in [-0.2, -0.15) is 0 Å². The first-order chi connectivity index (χ1) is 7.62. The smallest absolute Gasteiger partial charge is 0.127 e. The lowest BCUT2D eigenvalue weighted by molar-refractivity contribution is 0.388. The molecule has 3 nitrogen and oxygen atoms in total. The largest absolute Gasteiger partial charge is 0.384 e. The maximum absolute atomic E-state index is 6.34. The van der Waals surface area contributed by atoms with Crippen molar-refractivity contribution < 1.29 is 0 Å². The highest BCUT2D eigenvalue weighted by Crippen LogP contribution is 2.44. The second-order valence-electron chi connectivity index (χ2n) is 7.23. The fourth-order valence-electron chi connectivity index (χ4n) is 2.32. The number of imidazole rings is 1. The third-order valence-electron chi connectivity index (χ3n) is 3.26. The van der Waals surface area contributed by atoms with Gasteiger partial charge in [0.1, 0.15) is 11.6 Å². The van der Waals surface area contributed by atoms with Crippen LogP contribution in [0.5, 0.6) is 0 Å². The molecule has 0 unspecified atom stereocenters. The Morgan fingerprint density at radius 2 is 1.65 bits per heavy atom. The van der Waals surface area contributed by atoms with Gasteiger partial charge in [-0.1, -0.05) is 20.8 Å². The highest BCUT2D eigenvalue weighted by molar-refractivity contribution is 5.44. The van der Waals surface area contributed by atoms with Crippen LogP contribution in [0, 0.1) is 0 Å². The van der Waals surface area contributed by atoms with E-state index in [1.54, 1.807) is 0 Å². The summed E-state index contributed by atoms with van der Waals surface area (Å²) in [6.07, 6.45) is 2.52. The molecular formula is C14H25N3. The van der Waals surface area contributed by atoms with Gasteiger partial charge in [-0.3, -0.25) is 0 Å². The monoisotopic (exact) mass is 235 g/mol. The van der Waals surface area contributed by atoms with Crippen LogP contribution in [-0.4, -0.2) is 9.55 Å². The summed E-state index contributed by atoms with van der Waals surface area (Å²) in [4.78, 5) is 4.85. The van der Waals surface area contributed by atoms with Crippen molar-refractivity contribution in [2.24, 2.45) is 0 Å². The highest BCUT2D eigenvalue weighted by atomic mass is 15.2. The first-order valence-corrected chi connectivity index (χ1v) is 6.51. The molecule has 1 aromatic rings. The van der Waals surface area contributed by atoms with E-state index in [9.17, 15) is 0 Å². The van der Waals surface area contributed by atoms with Gasteiger partial charge in [-0.25, -0.2) is 4.98 Å². The Labute approximate surface area is 104 Å². The van der Waals surface area contributed by atoms with E-state index in [0.717, 1.165) is 11.5 Å². The predicted molar refractivity (Wildman–Crippen MR) is 72.3 cm³/mol. The molecule has 0 aliphatic heterocycles. The van der Waals surface area contributed by atoms with Crippen LogP contribution in [-0.2, 0) is 11.0 Å². The van der Waals surface area contributed by atoms with Crippen LogP contribution in [0.3, 0.4) is 0 Å². The van der Waals surface area contributed by atoms with E-state index in [1.165, 1.54) is 18.7 Å². The molecule has 3 heteroatoms. The van der Waals surface area contributed by atoms with Crippen molar-refractivity contribution in [1.29, 1.82) is 0 Å². The van der Waals surface area contributed by atoms with Crippen LogP contribution in [0.15, 0.2) is 0 Å². The van der Waals surface area contributed by atoms with Crippen molar-refractivity contribution in [2.45, 2.75) is 71.3 Å². The van der Waals surface area contributed by atoms with E-state index < -0.39 is 0 Å². The van der Waals surface area contributed by atoms with Gasteiger partial charge in [0.15, 0.2) is 0 Å². The Hall–Kier alpha value is -0.990. The summed E-state index contributed by atoms with van der Waals surface area (Å²) in [5, 5.41) is 0. The summed E-state index contributed by atoms with van der Waals surface area (Å²) in [5.41, 5.74) is 7.42. The Bertz CT molecular complexity index is 426. The number of aromatic nitrogens is 2. The van der Waals surface area contributed by atoms with Gasteiger partial charge < -0.3 is 10.3 Å². The summed E-state index contributed by atoms with van der Waals surface area (Å²) >= 11 is 0. The quantitative estimate of drug-likeness (QED) is 0.810. The molecule has 0 amide bonds. The molecule has 2 rings (SSSR count). The number of nitrogens with zero attached hydrogens (tertiary/aromatic N) is 2. The molecule has 0 spiro atoms. The summed E-state index contributed by atoms with van der Waals surface area (Å²) in [7, 11) is 0. The van der Waals surface area contributed by atoms with Crippen LogP contribution in [0.4, 0.5) is 5.82 Å². The third kappa shape index (κ3) is 2.20. The number of nitrogen functional groups attached to an aromatic ring is 1. The Kier molecular flexibility index (Phi) is 2.57. The molecule has 0 saturated heterocycles. The zero-order valence-electron chi connectivity index (χ0n) is 12.0. The molecule has 1 saturated carbocycles. The van der Waals surface area contributed by atoms with Crippen LogP contribution < -0.4 is 5.73 Å². The van der Waals surface area contributed by atoms with Crippen molar-refractivity contribution in [3.8, 4) is 0 Å². The molecule has 0 radical (unpaired) electrons. The number of rotatable bonds is 1. The summed E-state index contributed by atoms with van der Waals surface area (Å²) in [6.45, 7) is 13.1. The molecular weight excluding hydrogens is 210 g/mol. The van der Waals surface area contributed by atoms with Gasteiger partial charge in [-0.15, -0.1) is 0 Å². The molecule has 2 N–H and O–H groups in total. The van der Waals surface area contributed by atoms with Crippen molar-refractivity contribution in [2.75, 3.05) is 5.73 Å². The standard InChI is InChI=1S/C14H25N3/c1-13(2,3)10-11(15)17(14(4,5)6)12(16-10)9-7-8-9/h9H,7-8,15H2,1-6H3. The minimum absolute atomic E-state index is 0.0124. The second-order valence-corrected chi connectivity index (χ2v) is 7.23. The number of hydrogen-bond acceptors (Lipinski definition) is 2. The zero-order chi connectivity index (χ0) is 13.0. The SMILES string of the molecule is CC(C)(C)c1nc(C2CC2)n(C(C)(C)C)c1N. The fourth-order valence-corrected chi connectivity index (χ4v) is 2.32. The predicted octanol–water partition coefficient (Wildman–Crippen LogP) is 3.40. The lowest BCUT2D eigenvalue weighted by Gasteiger charge is -2.26. The van der Waals surface area contributed by atoms with Gasteiger partial charge in [0, 0.05) is 16.9 Å². The van der Waals surface area contributed by atoms with E-state index in [2.05, 4.69) is 46.1 Å². The van der Waals surface area contributed by atoms with Crippen LogP contribution >= 0.6 is 0 Å². The Morgan fingerprint density at radius 3 is 2.00 bits per heavy atom. The minimum Gasteiger partial charge on any atom is -0.384 e. The number of anilines is 1. The van der Waals surface area contributed by atoms with Gasteiger partial charge in [-0.05, 0) is 33.6 Å². The molecule has 1 aromatic heterocycles. The second kappa shape index (κ2) is 3.50. The first kappa shape index (κ1) is 12.5. The van der Waals surface area contributed by atoms with Crippen LogP contribution in [0.2, 0.25) is 0 Å². The Morgan fingerprint density at radius 1 is 1.12 bits per heavy atom. The Balaban J connectivity index is 2.60. The van der Waals surface area contributed by atoms with E-state index in [0.29, 0.717) is 5.92 Å². The van der Waals surface area contributed by atoms with E-state index in [4.69, 9.17) is 10.7 Å². The highest BCUT2D eigenvalue weighted by Gasteiger charge is 2.36. The zero-order valence-corrected chi connectivity index (χ0v) is 12.0. The molecule has 1 aliphatic carbocycles. The van der Waals surface area contributed by atoms with Gasteiger partial charge in [0.25, 0.3) is 0 Å². The molecule has 1 fully saturated rings. The molecule has 1 heterocycles. The fraction of sp³-hybridized carbons (Fsp3) is 0.786. The normalized spacial score (nSPS) is 17.5. The minimum atomic E-state index is 0.0124. The van der Waals surface area contributed by atoms with Crippen molar-refractivity contribution >= 4 is 5.82 Å². The van der Waals surface area contributed by atoms with E-state index in [1.807, 2.05) is 0 Å². The molecule has 0 atom stereocenters. The summed E-state index contributed by atoms with van der Waals surface area (Å²) in [5.74, 6) is 2.68. The topological polar surface area (TPSA) is 43.8 Å². The molecule has 96 valence electrons. The third-order valence-corrected chi connectivity index (χ3v) is 3.26. The van der Waals surface area contributed by atoms with E-state index in [-0.39, 0.29) is 11.0 Å². The maximum atomic E-state index is 6.34. The van der Waals surface area contributed by atoms with Gasteiger partial charge in [0.05, 0.1) is 5.69 Å². The average molecular weight is 235 g/mol. The molecule has 0 bridgehead atoms. The average Bonchev–Trinajstić information content (AvgIpc) is 2.85. The van der Waals surface area contributed by atoms with Crippen molar-refractivity contribution in [1.82, 2.24) is 9.55 Å². The molecule has 17 heavy (non-hydrogen) atoms. The maximum Gasteiger partial charge on any atom is 0.127 e. The molecule has 1 aliphatic rings. The first-order valence-electron chi connectivity index (χ1n) is 6.51. The van der Waals surface area contributed by atoms with Crippen molar-refractivity contribution in [3.05, 3.63) is 11.5 Å². The number of hydrogen-bond donors (Lipinski definition) is 1. The summed E-state index contributed by atoms with van der Waals surface area (Å²) in [6, 6.07) is 0. The van der Waals surface area contributed by atoms with E-state index >= 15 is 0 Å². The van der Waals surface area contributed by atoms with Gasteiger partial charge in [0.2, 0.25) is 0 Å². The van der Waals surface area contributed by atoms with Gasteiger partial charge >= 0.3 is 0 Å². The van der Waals surface area contributed by atoms with Crippen LogP contribution in [0.1, 0.15) is 71.8 Å². The van der Waals surface area contributed by atoms with Crippen LogP contribution in [0.25, 0.3) is 0 Å². The van der Waals surface area contributed by atoms with Crippen molar-refractivity contribution in [3.63, 3.8) is 0 Å². The lowest BCUT2D eigenvalue weighted by atomic mass is 9.92. The number of nitrogens with two attached hydrogens (primary N) is 1. The lowest BCUT2D eigenvalue weighted by Crippen LogP contribution is -2.26. The summed E-state index contributed by atoms with van der Waals surface area (Å²) < 4.78 is 2.24.